The predicted octanol–water partition coefficient (Wildman–Crippen LogP) is 2.32. The number of hydrogen-bond donors (Lipinski definition) is 0. The summed E-state index contributed by atoms with van der Waals surface area (Å²) < 4.78 is 6.93. The summed E-state index contributed by atoms with van der Waals surface area (Å²) in [5.74, 6) is 0.217. The van der Waals surface area contributed by atoms with Gasteiger partial charge in [-0.2, -0.15) is 0 Å². The van der Waals surface area contributed by atoms with E-state index in [1.54, 1.807) is 0 Å². The van der Waals surface area contributed by atoms with Gasteiger partial charge in [-0.15, -0.1) is 0 Å². The van der Waals surface area contributed by atoms with Crippen molar-refractivity contribution in [2.45, 2.75) is 13.0 Å². The van der Waals surface area contributed by atoms with Crippen molar-refractivity contribution in [2.75, 3.05) is 18.6 Å². The van der Waals surface area contributed by atoms with Crippen molar-refractivity contribution in [1.82, 2.24) is 14.5 Å². The zero-order chi connectivity index (χ0) is 16.7. The molecule has 6 nitrogen and oxygen atoms in total. The minimum Gasteiger partial charge on any atom is -0.465 e. The number of anilines is 1. The number of nitrogens with zero attached hydrogens (tertiary/aromatic N) is 4. The number of aromatic nitrogens is 3. The van der Waals surface area contributed by atoms with Crippen molar-refractivity contribution in [1.29, 1.82) is 0 Å². The second-order valence-electron chi connectivity index (χ2n) is 5.94. The third-order valence-electron chi connectivity index (χ3n) is 4.66. The molecular weight excluding hydrogens is 304 g/mol. The monoisotopic (exact) mass is 322 g/mol. The van der Waals surface area contributed by atoms with Crippen molar-refractivity contribution in [3.63, 3.8) is 0 Å². The van der Waals surface area contributed by atoms with Gasteiger partial charge in [0.15, 0.2) is 0 Å². The van der Waals surface area contributed by atoms with Gasteiger partial charge in [0.25, 0.3) is 0 Å². The average Bonchev–Trinajstić information content (AvgIpc) is 2.94. The van der Waals surface area contributed by atoms with Crippen LogP contribution in [0.2, 0.25) is 0 Å². The lowest BCUT2D eigenvalue weighted by molar-refractivity contribution is 0.0600. The topological polar surface area (TPSA) is 60.2 Å². The molecule has 0 amide bonds. The zero-order valence-corrected chi connectivity index (χ0v) is 13.7. The number of carbonyl (C=O) groups is 1. The van der Waals surface area contributed by atoms with Gasteiger partial charge in [0.05, 0.1) is 19.2 Å². The Morgan fingerprint density at radius 2 is 1.96 bits per heavy atom. The first-order valence-electron chi connectivity index (χ1n) is 7.89. The number of ether oxygens (including phenoxy) is 1. The normalized spacial score (nSPS) is 13.8. The molecule has 0 aliphatic carbocycles. The van der Waals surface area contributed by atoms with Crippen LogP contribution in [0.1, 0.15) is 21.6 Å². The van der Waals surface area contributed by atoms with Gasteiger partial charge >= 0.3 is 5.97 Å². The summed E-state index contributed by atoms with van der Waals surface area (Å²) >= 11 is 0. The standard InChI is InChI=1S/C18H18N4O2/c1-21-15-6-4-3-5-13(15)14-7-8-22(11-16(14)21)18-19-9-12(10-20-18)17(23)24-2/h3-6,9-10H,7-8,11H2,1-2H3. The van der Waals surface area contributed by atoms with Crippen molar-refractivity contribution < 1.29 is 9.53 Å². The molecule has 1 aliphatic heterocycles. The zero-order valence-electron chi connectivity index (χ0n) is 13.7. The summed E-state index contributed by atoms with van der Waals surface area (Å²) in [4.78, 5) is 22.3. The Hall–Kier alpha value is -2.89. The van der Waals surface area contributed by atoms with Crippen LogP contribution < -0.4 is 4.90 Å². The number of rotatable bonds is 2. The lowest BCUT2D eigenvalue weighted by Gasteiger charge is -2.28. The molecule has 6 heteroatoms. The number of fused-ring (bicyclic) bond motifs is 3. The number of para-hydroxylation sites is 1. The molecule has 4 rings (SSSR count). The quantitative estimate of drug-likeness (QED) is 0.678. The lowest BCUT2D eigenvalue weighted by Crippen LogP contribution is -2.32. The number of carbonyl (C=O) groups excluding carboxylic acids is 1. The van der Waals surface area contributed by atoms with E-state index in [0.717, 1.165) is 19.5 Å². The Labute approximate surface area is 139 Å². The maximum atomic E-state index is 11.5. The number of esters is 1. The van der Waals surface area contributed by atoms with Gasteiger partial charge in [-0.3, -0.25) is 0 Å². The van der Waals surface area contributed by atoms with Crippen LogP contribution in [0.25, 0.3) is 10.9 Å². The van der Waals surface area contributed by atoms with Gasteiger partial charge in [-0.05, 0) is 18.1 Å². The molecule has 1 aromatic carbocycles. The minimum absolute atomic E-state index is 0.364. The highest BCUT2D eigenvalue weighted by atomic mass is 16.5. The Morgan fingerprint density at radius 1 is 1.21 bits per heavy atom. The van der Waals surface area contributed by atoms with E-state index in [2.05, 4.69) is 55.5 Å². The van der Waals surface area contributed by atoms with Crippen LogP contribution in [0.4, 0.5) is 5.95 Å². The molecule has 1 aliphatic rings. The summed E-state index contributed by atoms with van der Waals surface area (Å²) in [6, 6.07) is 8.50. The Kier molecular flexibility index (Phi) is 3.45. The summed E-state index contributed by atoms with van der Waals surface area (Å²) in [5, 5.41) is 1.33. The van der Waals surface area contributed by atoms with Crippen LogP contribution in [0.15, 0.2) is 36.7 Å². The summed E-state index contributed by atoms with van der Waals surface area (Å²) in [5.41, 5.74) is 4.33. The third kappa shape index (κ3) is 2.22. The van der Waals surface area contributed by atoms with Gasteiger partial charge in [-0.25, -0.2) is 14.8 Å². The highest BCUT2D eigenvalue weighted by molar-refractivity contribution is 5.88. The number of methoxy groups -OCH3 is 1. The molecule has 3 heterocycles. The van der Waals surface area contributed by atoms with E-state index in [9.17, 15) is 4.79 Å². The van der Waals surface area contributed by atoms with E-state index in [4.69, 9.17) is 0 Å². The first kappa shape index (κ1) is 14.7. The second-order valence-corrected chi connectivity index (χ2v) is 5.94. The molecule has 24 heavy (non-hydrogen) atoms. The SMILES string of the molecule is COC(=O)c1cnc(N2CCc3c(n(C)c4ccccc34)C2)nc1. The Bertz CT molecular complexity index is 915. The summed E-state index contributed by atoms with van der Waals surface area (Å²) in [6.45, 7) is 1.62. The molecule has 2 aromatic heterocycles. The van der Waals surface area contributed by atoms with Crippen LogP contribution in [-0.4, -0.2) is 34.2 Å². The van der Waals surface area contributed by atoms with Gasteiger partial charge in [0.1, 0.15) is 0 Å². The maximum Gasteiger partial charge on any atom is 0.341 e. The fraction of sp³-hybridized carbons (Fsp3) is 0.278. The van der Waals surface area contributed by atoms with Crippen molar-refractivity contribution in [3.05, 3.63) is 53.5 Å². The molecule has 0 unspecified atom stereocenters. The van der Waals surface area contributed by atoms with Gasteiger partial charge < -0.3 is 14.2 Å². The molecule has 0 saturated carbocycles. The van der Waals surface area contributed by atoms with Gasteiger partial charge in [0.2, 0.25) is 5.95 Å². The average molecular weight is 322 g/mol. The molecule has 0 fully saturated rings. The molecule has 0 radical (unpaired) electrons. The fourth-order valence-corrected chi connectivity index (χ4v) is 3.39. The molecular formula is C18H18N4O2. The molecule has 0 spiro atoms. The first-order chi connectivity index (χ1) is 11.7. The first-order valence-corrected chi connectivity index (χ1v) is 7.89. The maximum absolute atomic E-state index is 11.5. The summed E-state index contributed by atoms with van der Waals surface area (Å²) in [6.07, 6.45) is 4.00. The number of benzene rings is 1. The molecule has 0 atom stereocenters. The van der Waals surface area contributed by atoms with Crippen molar-refractivity contribution in [3.8, 4) is 0 Å². The minimum atomic E-state index is -0.420. The Balaban J connectivity index is 1.66. The predicted molar refractivity (Wildman–Crippen MR) is 91.0 cm³/mol. The second kappa shape index (κ2) is 5.63. The number of hydrogen-bond acceptors (Lipinski definition) is 5. The summed E-state index contributed by atoms with van der Waals surface area (Å²) in [7, 11) is 3.45. The van der Waals surface area contributed by atoms with Crippen LogP contribution in [-0.2, 0) is 24.8 Å². The van der Waals surface area contributed by atoms with E-state index in [-0.39, 0.29) is 0 Å². The number of aryl methyl sites for hydroxylation is 1. The van der Waals surface area contributed by atoms with E-state index in [1.165, 1.54) is 41.7 Å². The van der Waals surface area contributed by atoms with E-state index >= 15 is 0 Å². The third-order valence-corrected chi connectivity index (χ3v) is 4.66. The Morgan fingerprint density at radius 3 is 2.71 bits per heavy atom. The van der Waals surface area contributed by atoms with Crippen molar-refractivity contribution >= 4 is 22.8 Å². The van der Waals surface area contributed by atoms with Crippen LogP contribution >= 0.6 is 0 Å². The van der Waals surface area contributed by atoms with Crippen molar-refractivity contribution in [2.24, 2.45) is 7.05 Å². The highest BCUT2D eigenvalue weighted by Gasteiger charge is 2.24. The van der Waals surface area contributed by atoms with Gasteiger partial charge in [-0.1, -0.05) is 18.2 Å². The fourth-order valence-electron chi connectivity index (χ4n) is 3.39. The van der Waals surface area contributed by atoms with E-state index in [1.807, 2.05) is 0 Å². The molecule has 3 aromatic rings. The molecule has 0 N–H and O–H groups in total. The van der Waals surface area contributed by atoms with E-state index < -0.39 is 5.97 Å². The van der Waals surface area contributed by atoms with Gasteiger partial charge in [0, 0.05) is 42.6 Å². The van der Waals surface area contributed by atoms with E-state index in [0.29, 0.717) is 11.5 Å². The largest absolute Gasteiger partial charge is 0.465 e. The van der Waals surface area contributed by atoms with Crippen LogP contribution in [0.3, 0.4) is 0 Å². The highest BCUT2D eigenvalue weighted by Crippen LogP contribution is 2.30. The van der Waals surface area contributed by atoms with Crippen LogP contribution in [0, 0.1) is 0 Å². The molecule has 122 valence electrons. The molecule has 0 bridgehead atoms. The smallest absolute Gasteiger partial charge is 0.341 e. The molecule has 0 saturated heterocycles. The lowest BCUT2D eigenvalue weighted by atomic mass is 10.0. The van der Waals surface area contributed by atoms with Crippen LogP contribution in [0.5, 0.6) is 0 Å².